The van der Waals surface area contributed by atoms with Gasteiger partial charge in [0.25, 0.3) is 11.8 Å². The van der Waals surface area contributed by atoms with Crippen LogP contribution in [0.15, 0.2) is 36.4 Å². The SMILES string of the molecule is O=C1Nc2cc3c(cc2C(=O)N2CCCC12)OCCCC/C=C/CCCOc1cc2c(cc1OCCCO3)NC(=O)[C@@H]1CCCN1C2=O. The summed E-state index contributed by atoms with van der Waals surface area (Å²) in [7, 11) is 0. The Hall–Kier alpha value is -4.74. The minimum absolute atomic E-state index is 0.181. The first kappa shape index (κ1) is 31.8. The fourth-order valence-corrected chi connectivity index (χ4v) is 7.03. The van der Waals surface area contributed by atoms with E-state index in [4.69, 9.17) is 18.9 Å². The monoisotopic (exact) mass is 658 g/mol. The van der Waals surface area contributed by atoms with E-state index < -0.39 is 12.1 Å². The van der Waals surface area contributed by atoms with Crippen molar-refractivity contribution in [2.24, 2.45) is 0 Å². The van der Waals surface area contributed by atoms with Crippen LogP contribution in [0.25, 0.3) is 0 Å². The number of ether oxygens (including phenoxy) is 4. The summed E-state index contributed by atoms with van der Waals surface area (Å²) in [5.74, 6) is 1.04. The maximum atomic E-state index is 13.4. The number of benzene rings is 2. The molecule has 4 amide bonds. The van der Waals surface area contributed by atoms with Crippen molar-refractivity contribution in [2.45, 2.75) is 76.3 Å². The molecule has 2 fully saturated rings. The Morgan fingerprint density at radius 1 is 0.521 bits per heavy atom. The molecule has 254 valence electrons. The molecule has 2 aromatic carbocycles. The minimum Gasteiger partial charge on any atom is -0.490 e. The number of nitrogens with one attached hydrogen (secondary N) is 2. The van der Waals surface area contributed by atoms with Crippen LogP contribution in [0, 0.1) is 0 Å². The molecule has 12 nitrogen and oxygen atoms in total. The first-order valence-corrected chi connectivity index (χ1v) is 17.2. The second-order valence-corrected chi connectivity index (χ2v) is 12.8. The molecule has 0 aliphatic carbocycles. The van der Waals surface area contributed by atoms with Crippen LogP contribution in [-0.4, -0.2) is 85.0 Å². The lowest BCUT2D eigenvalue weighted by Crippen LogP contribution is -2.40. The molecule has 0 aromatic heterocycles. The molecule has 12 heteroatoms. The number of nitrogens with zero attached hydrogens (tertiary/aromatic N) is 2. The third-order valence-corrected chi connectivity index (χ3v) is 9.54. The largest absolute Gasteiger partial charge is 0.490 e. The summed E-state index contributed by atoms with van der Waals surface area (Å²) in [6.07, 6.45) is 12.0. The molecule has 0 spiro atoms. The van der Waals surface area contributed by atoms with Crippen molar-refractivity contribution >= 4 is 35.0 Å². The highest BCUT2D eigenvalue weighted by molar-refractivity contribution is 6.11. The molecule has 48 heavy (non-hydrogen) atoms. The normalized spacial score (nSPS) is 24.2. The third kappa shape index (κ3) is 6.52. The highest BCUT2D eigenvalue weighted by Crippen LogP contribution is 2.39. The molecule has 0 bridgehead atoms. The molecule has 5 heterocycles. The van der Waals surface area contributed by atoms with Gasteiger partial charge in [-0.3, -0.25) is 19.2 Å². The van der Waals surface area contributed by atoms with Crippen LogP contribution in [-0.2, 0) is 9.59 Å². The Labute approximate surface area is 279 Å². The van der Waals surface area contributed by atoms with E-state index in [-0.39, 0.29) is 36.8 Å². The van der Waals surface area contributed by atoms with Gasteiger partial charge < -0.3 is 39.4 Å². The zero-order chi connectivity index (χ0) is 33.0. The van der Waals surface area contributed by atoms with Crippen molar-refractivity contribution in [3.8, 4) is 23.0 Å². The first-order chi connectivity index (χ1) is 23.5. The Morgan fingerprint density at radius 3 is 1.48 bits per heavy atom. The standard InChI is InChI=1S/C36H42N4O8/c41-33-27-11-8-13-39(27)35(43)23-19-29-31(21-25(23)37-33)47-17-10-18-48-32-22-26-24(36(44)40-14-9-12-28(40)34(42)38-26)20-30(32)46-16-7-5-3-1-2-4-6-15-45-29/h1-2,19-22,27-28H,3-18H2,(H,37,41)(H,38,42)/b2-1+/t27-,28?/m0/s1. The Balaban J connectivity index is 1.11. The van der Waals surface area contributed by atoms with Crippen molar-refractivity contribution < 1.29 is 38.1 Å². The number of hydrogen-bond donors (Lipinski definition) is 2. The molecule has 5 aliphatic rings. The Morgan fingerprint density at radius 2 is 0.958 bits per heavy atom. The summed E-state index contributed by atoms with van der Waals surface area (Å²) in [4.78, 5) is 56.1. The molecule has 2 aromatic rings. The highest BCUT2D eigenvalue weighted by Gasteiger charge is 2.40. The van der Waals surface area contributed by atoms with Crippen LogP contribution in [0.2, 0.25) is 0 Å². The Kier molecular flexibility index (Phi) is 9.40. The number of rotatable bonds is 0. The average molecular weight is 659 g/mol. The molecule has 2 saturated heterocycles. The van der Waals surface area contributed by atoms with E-state index in [1.165, 1.54) is 0 Å². The van der Waals surface area contributed by atoms with Crippen molar-refractivity contribution in [2.75, 3.05) is 50.2 Å². The number of fused-ring (bicyclic) bond motifs is 6. The molecule has 0 radical (unpaired) electrons. The van der Waals surface area contributed by atoms with Gasteiger partial charge in [-0.2, -0.15) is 0 Å². The zero-order valence-corrected chi connectivity index (χ0v) is 27.1. The molecule has 1 unspecified atom stereocenters. The van der Waals surface area contributed by atoms with Gasteiger partial charge in [0.05, 0.1) is 48.9 Å². The summed E-state index contributed by atoms with van der Waals surface area (Å²) in [5, 5.41) is 5.87. The first-order valence-electron chi connectivity index (χ1n) is 17.2. The summed E-state index contributed by atoms with van der Waals surface area (Å²) in [6.45, 7) is 2.55. The fraction of sp³-hybridized carbons (Fsp3) is 0.500. The van der Waals surface area contributed by atoms with E-state index in [9.17, 15) is 19.2 Å². The van der Waals surface area contributed by atoms with Gasteiger partial charge in [-0.1, -0.05) is 12.2 Å². The van der Waals surface area contributed by atoms with Crippen molar-refractivity contribution in [3.63, 3.8) is 0 Å². The quantitative estimate of drug-likeness (QED) is 0.381. The number of carbonyl (C=O) groups is 4. The van der Waals surface area contributed by atoms with Gasteiger partial charge in [-0.25, -0.2) is 0 Å². The van der Waals surface area contributed by atoms with Crippen molar-refractivity contribution in [1.82, 2.24) is 9.80 Å². The van der Waals surface area contributed by atoms with Crippen LogP contribution in [0.1, 0.15) is 84.9 Å². The third-order valence-electron chi connectivity index (χ3n) is 9.54. The van der Waals surface area contributed by atoms with Gasteiger partial charge in [0.1, 0.15) is 12.1 Å². The molecule has 5 aliphatic heterocycles. The molecule has 2 atom stereocenters. The van der Waals surface area contributed by atoms with Crippen LogP contribution in [0.4, 0.5) is 11.4 Å². The van der Waals surface area contributed by atoms with Crippen LogP contribution in [0.3, 0.4) is 0 Å². The predicted molar refractivity (Wildman–Crippen MR) is 177 cm³/mol. The maximum Gasteiger partial charge on any atom is 0.256 e. The van der Waals surface area contributed by atoms with Crippen molar-refractivity contribution in [3.05, 3.63) is 47.5 Å². The lowest BCUT2D eigenvalue weighted by molar-refractivity contribution is -0.120. The van der Waals surface area contributed by atoms with E-state index in [2.05, 4.69) is 22.8 Å². The second kappa shape index (κ2) is 14.2. The second-order valence-electron chi connectivity index (χ2n) is 12.8. The van der Waals surface area contributed by atoms with Crippen LogP contribution >= 0.6 is 0 Å². The molecular weight excluding hydrogens is 616 g/mol. The molecule has 0 saturated carbocycles. The molecule has 2 N–H and O–H groups in total. The van der Waals surface area contributed by atoms with Crippen molar-refractivity contribution in [1.29, 1.82) is 0 Å². The zero-order valence-electron chi connectivity index (χ0n) is 27.1. The molecular formula is C36H42N4O8. The highest BCUT2D eigenvalue weighted by atomic mass is 16.5. The van der Waals surface area contributed by atoms with E-state index in [0.717, 1.165) is 44.9 Å². The Bertz CT molecular complexity index is 1620. The van der Waals surface area contributed by atoms with E-state index in [1.807, 2.05) is 0 Å². The lowest BCUT2D eigenvalue weighted by atomic mass is 10.1. The smallest absolute Gasteiger partial charge is 0.256 e. The van der Waals surface area contributed by atoms with Crippen LogP contribution in [0.5, 0.6) is 23.0 Å². The van der Waals surface area contributed by atoms with Gasteiger partial charge in [0.15, 0.2) is 23.0 Å². The number of amides is 4. The number of hydrogen-bond acceptors (Lipinski definition) is 8. The number of allylic oxidation sites excluding steroid dienone is 2. The number of anilines is 2. The van der Waals surface area contributed by atoms with E-state index in [1.54, 1.807) is 34.1 Å². The summed E-state index contributed by atoms with van der Waals surface area (Å²) >= 11 is 0. The molecule has 7 rings (SSSR count). The van der Waals surface area contributed by atoms with Gasteiger partial charge in [-0.15, -0.1) is 0 Å². The van der Waals surface area contributed by atoms with Gasteiger partial charge in [0, 0.05) is 31.6 Å². The maximum absolute atomic E-state index is 13.4. The fourth-order valence-electron chi connectivity index (χ4n) is 7.03. The number of carbonyl (C=O) groups excluding carboxylic acids is 4. The minimum atomic E-state index is -0.468. The van der Waals surface area contributed by atoms with Gasteiger partial charge in [0.2, 0.25) is 11.8 Å². The summed E-state index contributed by atoms with van der Waals surface area (Å²) in [5.41, 5.74) is 1.63. The lowest BCUT2D eigenvalue weighted by Gasteiger charge is -2.20. The average Bonchev–Trinajstić information content (AvgIpc) is 3.75. The predicted octanol–water partition coefficient (Wildman–Crippen LogP) is 4.93. The summed E-state index contributed by atoms with van der Waals surface area (Å²) in [6, 6.07) is 5.80. The topological polar surface area (TPSA) is 136 Å². The van der Waals surface area contributed by atoms with Gasteiger partial charge >= 0.3 is 0 Å². The van der Waals surface area contributed by atoms with E-state index in [0.29, 0.717) is 91.1 Å². The summed E-state index contributed by atoms with van der Waals surface area (Å²) < 4.78 is 24.7. The van der Waals surface area contributed by atoms with Gasteiger partial charge in [-0.05, 0) is 69.9 Å². The van der Waals surface area contributed by atoms with E-state index >= 15 is 0 Å². The van der Waals surface area contributed by atoms with Crippen LogP contribution < -0.4 is 29.6 Å².